The van der Waals surface area contributed by atoms with Crippen molar-refractivity contribution in [2.45, 2.75) is 19.8 Å². The van der Waals surface area contributed by atoms with Gasteiger partial charge in [-0.25, -0.2) is 21.1 Å². The SMILES string of the molecule is CCNCC1CCCN(S(=O)(=O)CS(C)(=O)=O)C1. The lowest BCUT2D eigenvalue weighted by molar-refractivity contribution is 0.262. The van der Waals surface area contributed by atoms with E-state index in [-0.39, 0.29) is 5.92 Å². The van der Waals surface area contributed by atoms with Crippen molar-refractivity contribution in [3.8, 4) is 0 Å². The van der Waals surface area contributed by atoms with E-state index in [4.69, 9.17) is 0 Å². The van der Waals surface area contributed by atoms with Crippen LogP contribution in [0.1, 0.15) is 19.8 Å². The Morgan fingerprint density at radius 2 is 1.94 bits per heavy atom. The van der Waals surface area contributed by atoms with Gasteiger partial charge in [-0.2, -0.15) is 0 Å². The van der Waals surface area contributed by atoms with E-state index in [0.717, 1.165) is 32.2 Å². The van der Waals surface area contributed by atoms with Crippen LogP contribution in [0.25, 0.3) is 0 Å². The van der Waals surface area contributed by atoms with E-state index < -0.39 is 24.9 Å². The summed E-state index contributed by atoms with van der Waals surface area (Å²) < 4.78 is 47.5. The minimum atomic E-state index is -3.68. The van der Waals surface area contributed by atoms with Gasteiger partial charge in [-0.1, -0.05) is 6.92 Å². The van der Waals surface area contributed by atoms with E-state index in [0.29, 0.717) is 13.1 Å². The highest BCUT2D eigenvalue weighted by Gasteiger charge is 2.31. The zero-order valence-corrected chi connectivity index (χ0v) is 12.6. The van der Waals surface area contributed by atoms with Crippen molar-refractivity contribution in [3.63, 3.8) is 0 Å². The Morgan fingerprint density at radius 3 is 2.50 bits per heavy atom. The summed E-state index contributed by atoms with van der Waals surface area (Å²) in [5.41, 5.74) is 0. The second kappa shape index (κ2) is 6.31. The zero-order valence-electron chi connectivity index (χ0n) is 10.9. The largest absolute Gasteiger partial charge is 0.317 e. The minimum Gasteiger partial charge on any atom is -0.317 e. The standard InChI is InChI=1S/C10H22N2O4S2/c1-3-11-7-10-5-4-6-12(8-10)18(15,16)9-17(2,13)14/h10-11H,3-9H2,1-2H3. The number of rotatable bonds is 6. The molecule has 1 aliphatic rings. The van der Waals surface area contributed by atoms with Crippen molar-refractivity contribution >= 4 is 19.9 Å². The molecular formula is C10H22N2O4S2. The summed E-state index contributed by atoms with van der Waals surface area (Å²) in [6, 6.07) is 0. The fraction of sp³-hybridized carbons (Fsp3) is 1.00. The summed E-state index contributed by atoms with van der Waals surface area (Å²) in [5.74, 6) is 0.271. The molecule has 0 aromatic carbocycles. The van der Waals surface area contributed by atoms with Crippen LogP contribution < -0.4 is 5.32 Å². The lowest BCUT2D eigenvalue weighted by Crippen LogP contribution is -2.44. The van der Waals surface area contributed by atoms with Crippen LogP contribution in [-0.2, 0) is 19.9 Å². The van der Waals surface area contributed by atoms with E-state index >= 15 is 0 Å². The summed E-state index contributed by atoms with van der Waals surface area (Å²) in [7, 11) is -7.19. The maximum atomic E-state index is 11.9. The van der Waals surface area contributed by atoms with Gasteiger partial charge in [0, 0.05) is 19.3 Å². The van der Waals surface area contributed by atoms with Crippen LogP contribution in [0.3, 0.4) is 0 Å². The highest BCUT2D eigenvalue weighted by molar-refractivity contribution is 8.06. The Bertz CT molecular complexity index is 458. The average molecular weight is 298 g/mol. The molecule has 18 heavy (non-hydrogen) atoms. The van der Waals surface area contributed by atoms with Crippen LogP contribution in [0.2, 0.25) is 0 Å². The van der Waals surface area contributed by atoms with Gasteiger partial charge < -0.3 is 5.32 Å². The lowest BCUT2D eigenvalue weighted by atomic mass is 10.00. The first-order valence-electron chi connectivity index (χ1n) is 6.11. The number of nitrogens with one attached hydrogen (secondary N) is 1. The van der Waals surface area contributed by atoms with Gasteiger partial charge in [0.05, 0.1) is 0 Å². The highest BCUT2D eigenvalue weighted by Crippen LogP contribution is 2.19. The van der Waals surface area contributed by atoms with E-state index in [1.165, 1.54) is 4.31 Å². The third-order valence-electron chi connectivity index (χ3n) is 2.92. The Morgan fingerprint density at radius 1 is 1.28 bits per heavy atom. The van der Waals surface area contributed by atoms with Crippen LogP contribution in [0, 0.1) is 5.92 Å². The van der Waals surface area contributed by atoms with Gasteiger partial charge in [0.2, 0.25) is 10.0 Å². The molecule has 0 aromatic heterocycles. The van der Waals surface area contributed by atoms with Crippen LogP contribution in [0.15, 0.2) is 0 Å². The Kier molecular flexibility index (Phi) is 5.57. The predicted molar refractivity (Wildman–Crippen MR) is 71.5 cm³/mol. The van der Waals surface area contributed by atoms with Crippen LogP contribution in [-0.4, -0.2) is 58.7 Å². The van der Waals surface area contributed by atoms with E-state index in [1.807, 2.05) is 6.92 Å². The molecule has 1 fully saturated rings. The molecule has 1 rings (SSSR count). The summed E-state index contributed by atoms with van der Waals surface area (Å²) in [4.78, 5) is 0. The molecule has 1 unspecified atom stereocenters. The monoisotopic (exact) mass is 298 g/mol. The van der Waals surface area contributed by atoms with Crippen molar-refractivity contribution in [2.24, 2.45) is 5.92 Å². The van der Waals surface area contributed by atoms with E-state index in [9.17, 15) is 16.8 Å². The maximum Gasteiger partial charge on any atom is 0.228 e. The van der Waals surface area contributed by atoms with Crippen molar-refractivity contribution in [1.29, 1.82) is 0 Å². The molecule has 0 saturated carbocycles. The number of nitrogens with zero attached hydrogens (tertiary/aromatic N) is 1. The molecule has 6 nitrogen and oxygen atoms in total. The Balaban J connectivity index is 2.65. The molecule has 1 saturated heterocycles. The molecular weight excluding hydrogens is 276 g/mol. The van der Waals surface area contributed by atoms with Gasteiger partial charge in [0.15, 0.2) is 14.9 Å². The first-order valence-corrected chi connectivity index (χ1v) is 9.78. The van der Waals surface area contributed by atoms with E-state index in [1.54, 1.807) is 0 Å². The normalized spacial score (nSPS) is 23.1. The summed E-state index contributed by atoms with van der Waals surface area (Å²) in [5, 5.41) is 2.41. The third-order valence-corrected chi connectivity index (χ3v) is 6.94. The number of sulfone groups is 1. The summed E-state index contributed by atoms with van der Waals surface area (Å²) in [6.45, 7) is 4.49. The smallest absolute Gasteiger partial charge is 0.228 e. The fourth-order valence-electron chi connectivity index (χ4n) is 2.14. The minimum absolute atomic E-state index is 0.271. The number of sulfonamides is 1. The molecule has 0 bridgehead atoms. The molecule has 1 atom stereocenters. The second-order valence-corrected chi connectivity index (χ2v) is 9.30. The van der Waals surface area contributed by atoms with Crippen molar-refractivity contribution in [1.82, 2.24) is 9.62 Å². The van der Waals surface area contributed by atoms with Gasteiger partial charge in [-0.15, -0.1) is 0 Å². The quantitative estimate of drug-likeness (QED) is 0.724. The molecule has 1 N–H and O–H groups in total. The number of hydrogen-bond acceptors (Lipinski definition) is 5. The van der Waals surface area contributed by atoms with Gasteiger partial charge in [0.1, 0.15) is 0 Å². The molecule has 0 amide bonds. The Hall–Kier alpha value is -0.180. The van der Waals surface area contributed by atoms with Crippen molar-refractivity contribution < 1.29 is 16.8 Å². The Labute approximate surface area is 110 Å². The van der Waals surface area contributed by atoms with Gasteiger partial charge in [-0.3, -0.25) is 0 Å². The van der Waals surface area contributed by atoms with Gasteiger partial charge in [0.25, 0.3) is 0 Å². The molecule has 0 aromatic rings. The zero-order chi connectivity index (χ0) is 13.8. The molecule has 0 aliphatic carbocycles. The van der Waals surface area contributed by atoms with Gasteiger partial charge >= 0.3 is 0 Å². The third kappa shape index (κ3) is 5.21. The fourth-order valence-corrected chi connectivity index (χ4v) is 5.75. The molecule has 8 heteroatoms. The first kappa shape index (κ1) is 15.9. The summed E-state index contributed by atoms with van der Waals surface area (Å²) in [6.07, 6.45) is 2.72. The molecule has 0 spiro atoms. The van der Waals surface area contributed by atoms with Crippen LogP contribution in [0.5, 0.6) is 0 Å². The van der Waals surface area contributed by atoms with E-state index in [2.05, 4.69) is 5.32 Å². The molecule has 1 heterocycles. The molecule has 108 valence electrons. The first-order chi connectivity index (χ1) is 8.24. The second-order valence-electron chi connectivity index (χ2n) is 4.83. The summed E-state index contributed by atoms with van der Waals surface area (Å²) >= 11 is 0. The number of hydrogen-bond donors (Lipinski definition) is 1. The van der Waals surface area contributed by atoms with Crippen LogP contribution in [0.4, 0.5) is 0 Å². The molecule has 1 aliphatic heterocycles. The van der Waals surface area contributed by atoms with Crippen molar-refractivity contribution in [3.05, 3.63) is 0 Å². The number of piperidine rings is 1. The highest BCUT2D eigenvalue weighted by atomic mass is 32.3. The van der Waals surface area contributed by atoms with Gasteiger partial charge in [-0.05, 0) is 31.8 Å². The van der Waals surface area contributed by atoms with Crippen LogP contribution >= 0.6 is 0 Å². The maximum absolute atomic E-state index is 11.9. The topological polar surface area (TPSA) is 83.6 Å². The predicted octanol–water partition coefficient (Wildman–Crippen LogP) is -0.360. The lowest BCUT2D eigenvalue weighted by Gasteiger charge is -2.31. The molecule has 0 radical (unpaired) electrons. The average Bonchev–Trinajstić information content (AvgIpc) is 2.23. The van der Waals surface area contributed by atoms with Crippen molar-refractivity contribution in [2.75, 3.05) is 37.5 Å².